The molecular weight excluding hydrogens is 376 g/mol. The SMILES string of the molecule is O=c1c2ccccc2nc(SCc2ccc([N+](=O)[O-])cc2)n1-c1cccnc1. The van der Waals surface area contributed by atoms with Gasteiger partial charge >= 0.3 is 0 Å². The number of nitro benzene ring substituents is 1. The van der Waals surface area contributed by atoms with Crippen molar-refractivity contribution in [3.63, 3.8) is 0 Å². The average molecular weight is 390 g/mol. The monoisotopic (exact) mass is 390 g/mol. The van der Waals surface area contributed by atoms with Crippen LogP contribution in [-0.4, -0.2) is 19.5 Å². The van der Waals surface area contributed by atoms with E-state index in [4.69, 9.17) is 0 Å². The number of pyridine rings is 1. The first-order valence-corrected chi connectivity index (χ1v) is 9.40. The Bertz CT molecular complexity index is 1210. The van der Waals surface area contributed by atoms with Crippen molar-refractivity contribution in [3.8, 4) is 5.69 Å². The van der Waals surface area contributed by atoms with Gasteiger partial charge < -0.3 is 0 Å². The number of hydrogen-bond acceptors (Lipinski definition) is 6. The molecule has 8 heteroatoms. The Hall–Kier alpha value is -3.52. The van der Waals surface area contributed by atoms with Crippen LogP contribution in [0, 0.1) is 10.1 Å². The molecule has 2 aromatic heterocycles. The third-order valence-corrected chi connectivity index (χ3v) is 5.17. The highest BCUT2D eigenvalue weighted by Gasteiger charge is 2.14. The molecule has 0 fully saturated rings. The first-order chi connectivity index (χ1) is 13.6. The molecule has 28 heavy (non-hydrogen) atoms. The summed E-state index contributed by atoms with van der Waals surface area (Å²) in [5.41, 5.74) is 2.04. The zero-order valence-corrected chi connectivity index (χ0v) is 15.4. The largest absolute Gasteiger partial charge is 0.269 e. The molecule has 0 aliphatic heterocycles. The van der Waals surface area contributed by atoms with E-state index in [1.165, 1.54) is 23.9 Å². The molecule has 0 atom stereocenters. The number of benzene rings is 2. The number of non-ortho nitro benzene ring substituents is 1. The van der Waals surface area contributed by atoms with Gasteiger partial charge in [-0.3, -0.25) is 24.5 Å². The topological polar surface area (TPSA) is 90.9 Å². The Morgan fingerprint density at radius 1 is 1.04 bits per heavy atom. The summed E-state index contributed by atoms with van der Waals surface area (Å²) in [6.07, 6.45) is 3.26. The molecule has 0 amide bonds. The van der Waals surface area contributed by atoms with Gasteiger partial charge in [-0.1, -0.05) is 36.0 Å². The van der Waals surface area contributed by atoms with Crippen molar-refractivity contribution in [3.05, 3.63) is 99.1 Å². The second-order valence-electron chi connectivity index (χ2n) is 5.98. The zero-order valence-electron chi connectivity index (χ0n) is 14.6. The van der Waals surface area contributed by atoms with Crippen molar-refractivity contribution < 1.29 is 4.92 Å². The Balaban J connectivity index is 1.75. The van der Waals surface area contributed by atoms with Gasteiger partial charge in [0.15, 0.2) is 5.16 Å². The lowest BCUT2D eigenvalue weighted by molar-refractivity contribution is -0.384. The van der Waals surface area contributed by atoms with Crippen molar-refractivity contribution in [2.45, 2.75) is 10.9 Å². The van der Waals surface area contributed by atoms with Gasteiger partial charge in [-0.2, -0.15) is 0 Å². The fourth-order valence-electron chi connectivity index (χ4n) is 2.78. The molecule has 0 spiro atoms. The van der Waals surface area contributed by atoms with Crippen LogP contribution >= 0.6 is 11.8 Å². The number of rotatable bonds is 5. The van der Waals surface area contributed by atoms with Crippen LogP contribution in [0.25, 0.3) is 16.6 Å². The van der Waals surface area contributed by atoms with Gasteiger partial charge in [0.05, 0.1) is 27.7 Å². The van der Waals surface area contributed by atoms with E-state index in [9.17, 15) is 14.9 Å². The summed E-state index contributed by atoms with van der Waals surface area (Å²) in [5, 5.41) is 11.9. The fraction of sp³-hybridized carbons (Fsp3) is 0.0500. The molecule has 0 saturated carbocycles. The van der Waals surface area contributed by atoms with Crippen LogP contribution in [0.5, 0.6) is 0 Å². The first-order valence-electron chi connectivity index (χ1n) is 8.42. The average Bonchev–Trinajstić information content (AvgIpc) is 2.73. The minimum Gasteiger partial charge on any atom is -0.268 e. The van der Waals surface area contributed by atoms with E-state index < -0.39 is 4.92 Å². The maximum atomic E-state index is 13.1. The van der Waals surface area contributed by atoms with Crippen molar-refractivity contribution >= 4 is 28.4 Å². The van der Waals surface area contributed by atoms with Crippen molar-refractivity contribution in [1.29, 1.82) is 0 Å². The highest BCUT2D eigenvalue weighted by molar-refractivity contribution is 7.98. The number of para-hydroxylation sites is 1. The molecule has 0 aliphatic carbocycles. The number of fused-ring (bicyclic) bond motifs is 1. The van der Waals surface area contributed by atoms with E-state index in [2.05, 4.69) is 9.97 Å². The van der Waals surface area contributed by atoms with Crippen LogP contribution in [0.1, 0.15) is 5.56 Å². The molecule has 0 bridgehead atoms. The standard InChI is InChI=1S/C20H14N4O3S/c25-19-17-5-1-2-6-18(17)22-20(23(19)16-4-3-11-21-12-16)28-13-14-7-9-15(10-8-14)24(26)27/h1-12H,13H2. The molecule has 0 radical (unpaired) electrons. The summed E-state index contributed by atoms with van der Waals surface area (Å²) < 4.78 is 1.55. The lowest BCUT2D eigenvalue weighted by atomic mass is 10.2. The molecule has 0 saturated heterocycles. The van der Waals surface area contributed by atoms with Gasteiger partial charge in [-0.25, -0.2) is 4.98 Å². The molecule has 0 N–H and O–H groups in total. The highest BCUT2D eigenvalue weighted by atomic mass is 32.2. The van der Waals surface area contributed by atoms with Crippen molar-refractivity contribution in [2.75, 3.05) is 0 Å². The number of thioether (sulfide) groups is 1. The predicted octanol–water partition coefficient (Wildman–Crippen LogP) is 3.98. The minimum atomic E-state index is -0.429. The molecular formula is C20H14N4O3S. The van der Waals surface area contributed by atoms with E-state index >= 15 is 0 Å². The van der Waals surface area contributed by atoms with Crippen LogP contribution in [0.4, 0.5) is 5.69 Å². The summed E-state index contributed by atoms with van der Waals surface area (Å²) in [5.74, 6) is 0.517. The quantitative estimate of drug-likeness (QED) is 0.222. The van der Waals surface area contributed by atoms with Crippen LogP contribution in [0.3, 0.4) is 0 Å². The molecule has 2 heterocycles. The van der Waals surface area contributed by atoms with Crippen LogP contribution in [0.15, 0.2) is 83.0 Å². The minimum absolute atomic E-state index is 0.0462. The van der Waals surface area contributed by atoms with Gasteiger partial charge in [0.25, 0.3) is 11.2 Å². The summed E-state index contributed by atoms with van der Waals surface area (Å²) >= 11 is 1.39. The number of aromatic nitrogens is 3. The maximum absolute atomic E-state index is 13.1. The number of hydrogen-bond donors (Lipinski definition) is 0. The number of nitro groups is 1. The second-order valence-corrected chi connectivity index (χ2v) is 6.92. The van der Waals surface area contributed by atoms with Crippen LogP contribution in [0.2, 0.25) is 0 Å². The third-order valence-electron chi connectivity index (χ3n) is 4.16. The van der Waals surface area contributed by atoms with Gasteiger partial charge in [0, 0.05) is 24.1 Å². The lowest BCUT2D eigenvalue weighted by Crippen LogP contribution is -2.21. The normalized spacial score (nSPS) is 10.9. The molecule has 0 unspecified atom stereocenters. The van der Waals surface area contributed by atoms with E-state index in [1.54, 1.807) is 53.4 Å². The summed E-state index contributed by atoms with van der Waals surface area (Å²) in [4.78, 5) is 32.2. The second kappa shape index (κ2) is 7.61. The fourth-order valence-corrected chi connectivity index (χ4v) is 3.75. The van der Waals surface area contributed by atoms with Gasteiger partial charge in [0.1, 0.15) is 0 Å². The Morgan fingerprint density at radius 3 is 2.54 bits per heavy atom. The van der Waals surface area contributed by atoms with E-state index in [0.717, 1.165) is 5.56 Å². The lowest BCUT2D eigenvalue weighted by Gasteiger charge is -2.12. The highest BCUT2D eigenvalue weighted by Crippen LogP contribution is 2.25. The van der Waals surface area contributed by atoms with Gasteiger partial charge in [0.2, 0.25) is 0 Å². The summed E-state index contributed by atoms with van der Waals surface area (Å²) in [6.45, 7) is 0. The Kier molecular flexibility index (Phi) is 4.86. The first kappa shape index (κ1) is 17.9. The Labute approximate surface area is 163 Å². The number of nitrogens with zero attached hydrogens (tertiary/aromatic N) is 4. The summed E-state index contributed by atoms with van der Waals surface area (Å²) in [6, 6.07) is 17.1. The zero-order chi connectivity index (χ0) is 19.5. The van der Waals surface area contributed by atoms with Crippen molar-refractivity contribution in [1.82, 2.24) is 14.5 Å². The van der Waals surface area contributed by atoms with Gasteiger partial charge in [-0.05, 0) is 29.8 Å². The summed E-state index contributed by atoms with van der Waals surface area (Å²) in [7, 11) is 0. The molecule has 138 valence electrons. The van der Waals surface area contributed by atoms with Crippen molar-refractivity contribution in [2.24, 2.45) is 0 Å². The predicted molar refractivity (Wildman–Crippen MR) is 108 cm³/mol. The smallest absolute Gasteiger partial charge is 0.268 e. The molecule has 4 aromatic rings. The van der Waals surface area contributed by atoms with E-state index in [0.29, 0.717) is 27.5 Å². The molecule has 7 nitrogen and oxygen atoms in total. The molecule has 0 aliphatic rings. The van der Waals surface area contributed by atoms with E-state index in [1.807, 2.05) is 12.1 Å². The van der Waals surface area contributed by atoms with Crippen LogP contribution < -0.4 is 5.56 Å². The van der Waals surface area contributed by atoms with E-state index in [-0.39, 0.29) is 11.2 Å². The van der Waals surface area contributed by atoms with Gasteiger partial charge in [-0.15, -0.1) is 0 Å². The molecule has 4 rings (SSSR count). The molecule has 2 aromatic carbocycles. The Morgan fingerprint density at radius 2 is 1.82 bits per heavy atom. The third kappa shape index (κ3) is 3.49. The maximum Gasteiger partial charge on any atom is 0.269 e. The van der Waals surface area contributed by atoms with Crippen LogP contribution in [-0.2, 0) is 5.75 Å².